The lowest BCUT2D eigenvalue weighted by molar-refractivity contribution is 0.0237. The first-order valence-electron chi connectivity index (χ1n) is 5.23. The minimum absolute atomic E-state index is 0.231. The van der Waals surface area contributed by atoms with Crippen LogP contribution in [-0.4, -0.2) is 24.3 Å². The highest BCUT2D eigenvalue weighted by Gasteiger charge is 2.15. The molecule has 0 unspecified atom stereocenters. The summed E-state index contributed by atoms with van der Waals surface area (Å²) in [5.41, 5.74) is 7.21. The van der Waals surface area contributed by atoms with E-state index in [1.807, 2.05) is 19.1 Å². The molecule has 15 heavy (non-hydrogen) atoms. The van der Waals surface area contributed by atoms with Crippen molar-refractivity contribution < 1.29 is 9.47 Å². The smallest absolute Gasteiger partial charge is 0.213 e. The van der Waals surface area contributed by atoms with E-state index >= 15 is 0 Å². The fraction of sp³-hybridized carbons (Fsp3) is 0.545. The number of pyridine rings is 1. The molecule has 0 atom stereocenters. The average Bonchev–Trinajstić information content (AvgIpc) is 2.25. The molecule has 4 nitrogen and oxygen atoms in total. The topological polar surface area (TPSA) is 57.4 Å². The van der Waals surface area contributed by atoms with Crippen molar-refractivity contribution >= 4 is 5.69 Å². The molecule has 0 spiro atoms. The quantitative estimate of drug-likeness (QED) is 0.800. The molecule has 1 fully saturated rings. The van der Waals surface area contributed by atoms with Crippen LogP contribution in [0.5, 0.6) is 5.88 Å². The van der Waals surface area contributed by atoms with Crippen LogP contribution in [0.15, 0.2) is 12.1 Å². The first-order chi connectivity index (χ1) is 7.25. The maximum Gasteiger partial charge on any atom is 0.213 e. The molecule has 1 saturated heterocycles. The molecule has 82 valence electrons. The molecule has 2 N–H and O–H groups in total. The van der Waals surface area contributed by atoms with Gasteiger partial charge in [-0.3, -0.25) is 0 Å². The number of nitrogens with two attached hydrogens (primary N) is 1. The third-order valence-corrected chi connectivity index (χ3v) is 2.56. The Balaban J connectivity index is 2.00. The Morgan fingerprint density at radius 2 is 2.13 bits per heavy atom. The second-order valence-electron chi connectivity index (χ2n) is 3.75. The van der Waals surface area contributed by atoms with Crippen molar-refractivity contribution in [2.45, 2.75) is 25.9 Å². The minimum atomic E-state index is 0.231. The van der Waals surface area contributed by atoms with E-state index in [4.69, 9.17) is 15.2 Å². The summed E-state index contributed by atoms with van der Waals surface area (Å²) >= 11 is 0. The fourth-order valence-corrected chi connectivity index (χ4v) is 1.58. The Kier molecular flexibility index (Phi) is 3.06. The van der Waals surface area contributed by atoms with Gasteiger partial charge in [0, 0.05) is 18.9 Å². The highest BCUT2D eigenvalue weighted by atomic mass is 16.5. The van der Waals surface area contributed by atoms with Gasteiger partial charge in [-0.2, -0.15) is 0 Å². The van der Waals surface area contributed by atoms with Gasteiger partial charge >= 0.3 is 0 Å². The summed E-state index contributed by atoms with van der Waals surface area (Å²) in [4.78, 5) is 4.28. The van der Waals surface area contributed by atoms with E-state index in [2.05, 4.69) is 4.98 Å². The van der Waals surface area contributed by atoms with Gasteiger partial charge in [0.15, 0.2) is 0 Å². The van der Waals surface area contributed by atoms with Crippen molar-refractivity contribution in [1.29, 1.82) is 0 Å². The van der Waals surface area contributed by atoms with E-state index < -0.39 is 0 Å². The molecule has 0 aromatic carbocycles. The maximum atomic E-state index is 5.74. The van der Waals surface area contributed by atoms with E-state index in [-0.39, 0.29) is 6.10 Å². The van der Waals surface area contributed by atoms with Crippen LogP contribution in [0.3, 0.4) is 0 Å². The van der Waals surface area contributed by atoms with Crippen molar-refractivity contribution in [2.75, 3.05) is 18.9 Å². The molecule has 2 heterocycles. The Bertz CT molecular complexity index is 335. The standard InChI is InChI=1S/C11H16N2O2/c1-8-10(12)2-3-11(13-8)15-9-4-6-14-7-5-9/h2-3,9H,4-7,12H2,1H3. The number of nitrogens with zero attached hydrogens (tertiary/aromatic N) is 1. The zero-order chi connectivity index (χ0) is 10.7. The molecule has 0 radical (unpaired) electrons. The Labute approximate surface area is 89.4 Å². The summed E-state index contributed by atoms with van der Waals surface area (Å²) in [5.74, 6) is 0.661. The lowest BCUT2D eigenvalue weighted by Gasteiger charge is -2.22. The molecule has 0 aliphatic carbocycles. The van der Waals surface area contributed by atoms with Crippen LogP contribution in [-0.2, 0) is 4.74 Å². The first-order valence-corrected chi connectivity index (χ1v) is 5.23. The third kappa shape index (κ3) is 2.59. The number of hydrogen-bond acceptors (Lipinski definition) is 4. The largest absolute Gasteiger partial charge is 0.474 e. The molecule has 1 aromatic heterocycles. The van der Waals surface area contributed by atoms with Gasteiger partial charge in [-0.05, 0) is 13.0 Å². The summed E-state index contributed by atoms with van der Waals surface area (Å²) in [6.45, 7) is 3.43. The number of rotatable bonds is 2. The normalized spacial score (nSPS) is 17.7. The van der Waals surface area contributed by atoms with Gasteiger partial charge in [0.1, 0.15) is 6.10 Å². The minimum Gasteiger partial charge on any atom is -0.474 e. The van der Waals surface area contributed by atoms with Crippen molar-refractivity contribution in [1.82, 2.24) is 4.98 Å². The molecular weight excluding hydrogens is 192 g/mol. The number of anilines is 1. The predicted molar refractivity (Wildman–Crippen MR) is 57.9 cm³/mol. The van der Waals surface area contributed by atoms with Crippen LogP contribution in [0.25, 0.3) is 0 Å². The van der Waals surface area contributed by atoms with Gasteiger partial charge in [0.05, 0.1) is 24.6 Å². The van der Waals surface area contributed by atoms with E-state index in [0.29, 0.717) is 11.6 Å². The first kappa shape index (κ1) is 10.2. The van der Waals surface area contributed by atoms with Gasteiger partial charge in [0.2, 0.25) is 5.88 Å². The van der Waals surface area contributed by atoms with Crippen LogP contribution in [0.4, 0.5) is 5.69 Å². The van der Waals surface area contributed by atoms with E-state index in [1.54, 1.807) is 0 Å². The highest BCUT2D eigenvalue weighted by Crippen LogP contribution is 2.18. The second-order valence-corrected chi connectivity index (χ2v) is 3.75. The van der Waals surface area contributed by atoms with Gasteiger partial charge in [-0.1, -0.05) is 0 Å². The molecule has 0 saturated carbocycles. The molecule has 1 aromatic rings. The van der Waals surface area contributed by atoms with Crippen LogP contribution in [0.2, 0.25) is 0 Å². The lowest BCUT2D eigenvalue weighted by atomic mass is 10.1. The van der Waals surface area contributed by atoms with Gasteiger partial charge < -0.3 is 15.2 Å². The van der Waals surface area contributed by atoms with E-state index in [9.17, 15) is 0 Å². The highest BCUT2D eigenvalue weighted by molar-refractivity contribution is 5.43. The maximum absolute atomic E-state index is 5.74. The molecule has 4 heteroatoms. The van der Waals surface area contributed by atoms with E-state index in [1.165, 1.54) is 0 Å². The third-order valence-electron chi connectivity index (χ3n) is 2.56. The second kappa shape index (κ2) is 4.49. The van der Waals surface area contributed by atoms with Crippen molar-refractivity contribution in [3.63, 3.8) is 0 Å². The number of aryl methyl sites for hydroxylation is 1. The van der Waals surface area contributed by atoms with E-state index in [0.717, 1.165) is 31.7 Å². The zero-order valence-corrected chi connectivity index (χ0v) is 8.90. The fourth-order valence-electron chi connectivity index (χ4n) is 1.58. The number of hydrogen-bond donors (Lipinski definition) is 1. The van der Waals surface area contributed by atoms with Crippen molar-refractivity contribution in [2.24, 2.45) is 0 Å². The number of nitrogen functional groups attached to an aromatic ring is 1. The van der Waals surface area contributed by atoms with Gasteiger partial charge in [0.25, 0.3) is 0 Å². The zero-order valence-electron chi connectivity index (χ0n) is 8.90. The molecule has 1 aliphatic rings. The van der Waals surface area contributed by atoms with Crippen LogP contribution in [0.1, 0.15) is 18.5 Å². The van der Waals surface area contributed by atoms with Gasteiger partial charge in [-0.15, -0.1) is 0 Å². The lowest BCUT2D eigenvalue weighted by Crippen LogP contribution is -2.26. The summed E-state index contributed by atoms with van der Waals surface area (Å²) in [6.07, 6.45) is 2.10. The molecule has 0 amide bonds. The number of aromatic nitrogens is 1. The van der Waals surface area contributed by atoms with Crippen molar-refractivity contribution in [3.8, 4) is 5.88 Å². The van der Waals surface area contributed by atoms with Gasteiger partial charge in [-0.25, -0.2) is 4.98 Å². The average molecular weight is 208 g/mol. The summed E-state index contributed by atoms with van der Waals surface area (Å²) in [5, 5.41) is 0. The Morgan fingerprint density at radius 1 is 1.40 bits per heavy atom. The summed E-state index contributed by atoms with van der Waals surface area (Å²) < 4.78 is 11.0. The monoisotopic (exact) mass is 208 g/mol. The summed E-state index contributed by atoms with van der Waals surface area (Å²) in [6, 6.07) is 3.65. The van der Waals surface area contributed by atoms with Crippen molar-refractivity contribution in [3.05, 3.63) is 17.8 Å². The molecule has 1 aliphatic heterocycles. The van der Waals surface area contributed by atoms with Crippen LogP contribution in [0, 0.1) is 6.92 Å². The molecule has 2 rings (SSSR count). The summed E-state index contributed by atoms with van der Waals surface area (Å²) in [7, 11) is 0. The molecular formula is C11H16N2O2. The Hall–Kier alpha value is -1.29. The molecule has 0 bridgehead atoms. The Morgan fingerprint density at radius 3 is 2.80 bits per heavy atom. The predicted octanol–water partition coefficient (Wildman–Crippen LogP) is 1.53. The van der Waals surface area contributed by atoms with Crippen LogP contribution < -0.4 is 10.5 Å². The number of ether oxygens (including phenoxy) is 2. The van der Waals surface area contributed by atoms with Crippen LogP contribution >= 0.6 is 0 Å². The SMILES string of the molecule is Cc1nc(OC2CCOCC2)ccc1N.